The van der Waals surface area contributed by atoms with E-state index in [4.69, 9.17) is 0 Å². The predicted octanol–water partition coefficient (Wildman–Crippen LogP) is 3.99. The molecular weight excluding hydrogens is 419 g/mol. The zero-order valence-electron chi connectivity index (χ0n) is 17.6. The fraction of sp³-hybridized carbons (Fsp3) is 0.375. The highest BCUT2D eigenvalue weighted by Gasteiger charge is 2.52. The van der Waals surface area contributed by atoms with Gasteiger partial charge in [-0.2, -0.15) is 18.4 Å². The van der Waals surface area contributed by atoms with Gasteiger partial charge in [0.05, 0.1) is 22.6 Å². The van der Waals surface area contributed by atoms with Crippen molar-refractivity contribution in [2.75, 3.05) is 25.0 Å². The highest BCUT2D eigenvalue weighted by atomic mass is 19.4. The number of amides is 1. The van der Waals surface area contributed by atoms with Crippen LogP contribution in [0, 0.1) is 11.3 Å². The lowest BCUT2D eigenvalue weighted by molar-refractivity contribution is -0.138. The van der Waals surface area contributed by atoms with Gasteiger partial charge in [-0.05, 0) is 56.1 Å². The zero-order valence-corrected chi connectivity index (χ0v) is 17.6. The number of aryl methyl sites for hydroxylation is 1. The van der Waals surface area contributed by atoms with Crippen LogP contribution in [0.15, 0.2) is 36.4 Å². The van der Waals surface area contributed by atoms with Crippen molar-refractivity contribution in [2.45, 2.75) is 37.3 Å². The molecule has 2 heterocycles. The summed E-state index contributed by atoms with van der Waals surface area (Å²) in [4.78, 5) is 28.1. The first kappa shape index (κ1) is 22.0. The lowest BCUT2D eigenvalue weighted by Gasteiger charge is -2.33. The molecule has 1 N–H and O–H groups in total. The maximum atomic E-state index is 13.4. The third kappa shape index (κ3) is 3.47. The van der Waals surface area contributed by atoms with E-state index >= 15 is 0 Å². The number of ketones is 1. The van der Waals surface area contributed by atoms with Crippen molar-refractivity contribution in [2.24, 2.45) is 0 Å². The van der Waals surface area contributed by atoms with E-state index in [9.17, 15) is 28.0 Å². The molecule has 4 rings (SSSR count). The molecule has 32 heavy (non-hydrogen) atoms. The summed E-state index contributed by atoms with van der Waals surface area (Å²) >= 11 is 0. The molecule has 0 saturated carbocycles. The van der Waals surface area contributed by atoms with Crippen molar-refractivity contribution < 1.29 is 22.8 Å². The molecule has 166 valence electrons. The zero-order chi connectivity index (χ0) is 23.1. The van der Waals surface area contributed by atoms with Crippen LogP contribution in [0.1, 0.15) is 51.9 Å². The second kappa shape index (κ2) is 8.06. The number of nitrogens with zero attached hydrogens (tertiary/aromatic N) is 2. The summed E-state index contributed by atoms with van der Waals surface area (Å²) in [5.41, 5.74) is -0.153. The molecule has 0 atom stereocenters. The number of piperidine rings is 1. The number of alkyl halides is 3. The average Bonchev–Trinajstić information content (AvgIpc) is 2.99. The minimum atomic E-state index is -4.51. The van der Waals surface area contributed by atoms with Gasteiger partial charge >= 0.3 is 6.18 Å². The molecule has 8 heteroatoms. The molecule has 0 aliphatic carbocycles. The number of halogens is 3. The number of likely N-dealkylation sites (N-methyl/N-ethyl adjacent to an activating group) is 1. The number of fused-ring (bicyclic) bond motifs is 2. The highest BCUT2D eigenvalue weighted by molar-refractivity contribution is 6.13. The smallest absolute Gasteiger partial charge is 0.317 e. The first-order valence-electron chi connectivity index (χ1n) is 10.5. The Kier molecular flexibility index (Phi) is 5.55. The van der Waals surface area contributed by atoms with E-state index in [-0.39, 0.29) is 35.4 Å². The predicted molar refractivity (Wildman–Crippen MR) is 112 cm³/mol. The van der Waals surface area contributed by atoms with Crippen molar-refractivity contribution >= 4 is 17.4 Å². The third-order valence-electron chi connectivity index (χ3n) is 6.54. The SMILES string of the molecule is CN1C(=O)C2(CCNCC2)c2c1ccc(C#N)c2C(=O)CCc1ccccc1C(F)(F)F. The van der Waals surface area contributed by atoms with E-state index in [1.54, 1.807) is 13.1 Å². The summed E-state index contributed by atoms with van der Waals surface area (Å²) in [6, 6.07) is 10.4. The van der Waals surface area contributed by atoms with E-state index in [0.717, 1.165) is 6.07 Å². The molecule has 0 radical (unpaired) electrons. The van der Waals surface area contributed by atoms with Crippen LogP contribution < -0.4 is 10.2 Å². The maximum absolute atomic E-state index is 13.4. The summed E-state index contributed by atoms with van der Waals surface area (Å²) in [5, 5.41) is 12.9. The van der Waals surface area contributed by atoms with Crippen LogP contribution in [0.4, 0.5) is 18.9 Å². The Morgan fingerprint density at radius 2 is 1.88 bits per heavy atom. The first-order chi connectivity index (χ1) is 15.2. The normalized spacial score (nSPS) is 17.3. The molecule has 1 amide bonds. The van der Waals surface area contributed by atoms with Crippen molar-refractivity contribution in [3.8, 4) is 6.07 Å². The number of carbonyl (C=O) groups excluding carboxylic acids is 2. The van der Waals surface area contributed by atoms with Gasteiger partial charge in [-0.3, -0.25) is 9.59 Å². The fourth-order valence-electron chi connectivity index (χ4n) is 4.98. The van der Waals surface area contributed by atoms with Gasteiger partial charge in [0.2, 0.25) is 5.91 Å². The number of hydrogen-bond acceptors (Lipinski definition) is 4. The van der Waals surface area contributed by atoms with Gasteiger partial charge < -0.3 is 10.2 Å². The van der Waals surface area contributed by atoms with Crippen molar-refractivity contribution in [1.29, 1.82) is 5.26 Å². The van der Waals surface area contributed by atoms with Gasteiger partial charge in [-0.1, -0.05) is 18.2 Å². The second-order valence-electron chi connectivity index (χ2n) is 8.27. The molecule has 2 aromatic carbocycles. The largest absolute Gasteiger partial charge is 0.416 e. The molecule has 5 nitrogen and oxygen atoms in total. The summed E-state index contributed by atoms with van der Waals surface area (Å²) in [6.07, 6.45) is -3.82. The van der Waals surface area contributed by atoms with E-state index in [2.05, 4.69) is 5.32 Å². The summed E-state index contributed by atoms with van der Waals surface area (Å²) in [6.45, 7) is 1.20. The number of carbonyl (C=O) groups is 2. The fourth-order valence-corrected chi connectivity index (χ4v) is 4.98. The Bertz CT molecular complexity index is 1130. The maximum Gasteiger partial charge on any atom is 0.416 e. The average molecular weight is 441 g/mol. The highest BCUT2D eigenvalue weighted by Crippen LogP contribution is 2.49. The number of Topliss-reactive ketones (excluding diaryl/α,β-unsaturated/α-hetero) is 1. The summed E-state index contributed by atoms with van der Waals surface area (Å²) < 4.78 is 40.0. The lowest BCUT2D eigenvalue weighted by atomic mass is 9.71. The molecule has 2 aliphatic heterocycles. The van der Waals surface area contributed by atoms with Crippen LogP contribution in [0.3, 0.4) is 0 Å². The molecule has 1 saturated heterocycles. The van der Waals surface area contributed by atoms with Gasteiger partial charge in [0.1, 0.15) is 0 Å². The van der Waals surface area contributed by atoms with Crippen molar-refractivity contribution in [1.82, 2.24) is 5.32 Å². The Hall–Kier alpha value is -3.18. The van der Waals surface area contributed by atoms with Crippen molar-refractivity contribution in [3.63, 3.8) is 0 Å². The second-order valence-corrected chi connectivity index (χ2v) is 8.27. The number of rotatable bonds is 4. The molecule has 2 aromatic rings. The van der Waals surface area contributed by atoms with Crippen molar-refractivity contribution in [3.05, 3.63) is 64.2 Å². The van der Waals surface area contributed by atoms with Gasteiger partial charge in [-0.25, -0.2) is 0 Å². The van der Waals surface area contributed by atoms with Gasteiger partial charge in [0, 0.05) is 30.3 Å². The molecule has 0 bridgehead atoms. The van der Waals surface area contributed by atoms with E-state index < -0.39 is 22.9 Å². The van der Waals surface area contributed by atoms with Crippen LogP contribution in [0.5, 0.6) is 0 Å². The Morgan fingerprint density at radius 1 is 1.19 bits per heavy atom. The van der Waals surface area contributed by atoms with E-state index in [1.807, 2.05) is 6.07 Å². The summed E-state index contributed by atoms with van der Waals surface area (Å²) in [5.74, 6) is -0.531. The topological polar surface area (TPSA) is 73.2 Å². The van der Waals surface area contributed by atoms with Crippen LogP contribution in [-0.4, -0.2) is 31.8 Å². The molecule has 0 unspecified atom stereocenters. The number of nitrogens with one attached hydrogen (secondary N) is 1. The van der Waals surface area contributed by atoms with E-state index in [0.29, 0.717) is 37.2 Å². The quantitative estimate of drug-likeness (QED) is 0.729. The van der Waals surface area contributed by atoms with Gasteiger partial charge in [0.15, 0.2) is 5.78 Å². The standard InChI is InChI=1S/C24H22F3N3O2/c1-30-18-8-6-16(14-28)20(21(18)23(22(30)32)10-12-29-13-11-23)19(31)9-7-15-4-2-3-5-17(15)24(25,26)27/h2-6,8,29H,7,9-13H2,1H3. The number of nitriles is 1. The molecule has 1 spiro atoms. The number of hydrogen-bond donors (Lipinski definition) is 1. The van der Waals surface area contributed by atoms with E-state index in [1.165, 1.54) is 29.2 Å². The number of anilines is 1. The minimum absolute atomic E-state index is 0.0317. The molecular formula is C24H22F3N3O2. The first-order valence-corrected chi connectivity index (χ1v) is 10.5. The van der Waals surface area contributed by atoms with Gasteiger partial charge in [-0.15, -0.1) is 0 Å². The van der Waals surface area contributed by atoms with Crippen LogP contribution >= 0.6 is 0 Å². The van der Waals surface area contributed by atoms with Crippen LogP contribution in [0.2, 0.25) is 0 Å². The molecule has 2 aliphatic rings. The van der Waals surface area contributed by atoms with Crippen LogP contribution in [-0.2, 0) is 22.8 Å². The Morgan fingerprint density at radius 3 is 2.53 bits per heavy atom. The molecule has 1 fully saturated rings. The third-order valence-corrected chi connectivity index (χ3v) is 6.54. The summed E-state index contributed by atoms with van der Waals surface area (Å²) in [7, 11) is 1.65. The van der Waals surface area contributed by atoms with Gasteiger partial charge in [0.25, 0.3) is 0 Å². The Labute approximate surface area is 183 Å². The minimum Gasteiger partial charge on any atom is -0.317 e. The lowest BCUT2D eigenvalue weighted by Crippen LogP contribution is -2.47. The molecule has 0 aromatic heterocycles. The number of benzene rings is 2. The Balaban J connectivity index is 1.75. The monoisotopic (exact) mass is 441 g/mol. The van der Waals surface area contributed by atoms with Crippen LogP contribution in [0.25, 0.3) is 0 Å².